The monoisotopic (exact) mass is 350 g/mol. The van der Waals surface area contributed by atoms with Gasteiger partial charge < -0.3 is 15.0 Å². The van der Waals surface area contributed by atoms with Crippen LogP contribution in [0.1, 0.15) is 15.9 Å². The molecule has 1 amide bonds. The zero-order chi connectivity index (χ0) is 18.5. The average molecular weight is 350 g/mol. The number of hydrogen-bond acceptors (Lipinski definition) is 4. The van der Waals surface area contributed by atoms with E-state index < -0.39 is 0 Å². The van der Waals surface area contributed by atoms with E-state index in [2.05, 4.69) is 15.5 Å². The molecule has 0 fully saturated rings. The Labute approximate surface area is 152 Å². The van der Waals surface area contributed by atoms with Gasteiger partial charge in [-0.25, -0.2) is 0 Å². The lowest BCUT2D eigenvalue weighted by Crippen LogP contribution is -2.23. The Bertz CT molecular complexity index is 885. The van der Waals surface area contributed by atoms with Gasteiger partial charge >= 0.3 is 0 Å². The summed E-state index contributed by atoms with van der Waals surface area (Å²) in [6.07, 6.45) is 1.54. The van der Waals surface area contributed by atoms with Gasteiger partial charge in [-0.15, -0.1) is 0 Å². The molecular formula is C20H22N4O2. The van der Waals surface area contributed by atoms with Gasteiger partial charge in [0.15, 0.2) is 0 Å². The highest BCUT2D eigenvalue weighted by Crippen LogP contribution is 2.25. The van der Waals surface area contributed by atoms with Crippen molar-refractivity contribution >= 4 is 11.6 Å². The van der Waals surface area contributed by atoms with Crippen molar-refractivity contribution in [3.8, 4) is 17.0 Å². The van der Waals surface area contributed by atoms with Crippen LogP contribution in [0.2, 0.25) is 0 Å². The SMILES string of the molecule is COc1cccc(-c2[nH]ncc2C(=O)NCc2ccc(N(C)C)cc2)c1. The Morgan fingerprint density at radius 1 is 1.19 bits per heavy atom. The average Bonchev–Trinajstić information content (AvgIpc) is 3.16. The number of nitrogens with one attached hydrogen (secondary N) is 2. The van der Waals surface area contributed by atoms with E-state index in [0.717, 1.165) is 22.6 Å². The number of aromatic amines is 1. The Kier molecular flexibility index (Phi) is 5.22. The smallest absolute Gasteiger partial charge is 0.255 e. The lowest BCUT2D eigenvalue weighted by atomic mass is 10.1. The predicted molar refractivity (Wildman–Crippen MR) is 103 cm³/mol. The summed E-state index contributed by atoms with van der Waals surface area (Å²) in [4.78, 5) is 14.6. The van der Waals surface area contributed by atoms with E-state index in [1.54, 1.807) is 13.3 Å². The minimum Gasteiger partial charge on any atom is -0.497 e. The quantitative estimate of drug-likeness (QED) is 0.717. The van der Waals surface area contributed by atoms with Crippen LogP contribution in [0.3, 0.4) is 0 Å². The molecule has 0 atom stereocenters. The van der Waals surface area contributed by atoms with Crippen molar-refractivity contribution in [3.63, 3.8) is 0 Å². The first-order valence-electron chi connectivity index (χ1n) is 8.30. The Hall–Kier alpha value is -3.28. The van der Waals surface area contributed by atoms with Crippen LogP contribution in [-0.4, -0.2) is 37.3 Å². The number of rotatable bonds is 6. The van der Waals surface area contributed by atoms with Crippen LogP contribution in [0.15, 0.2) is 54.7 Å². The molecule has 3 rings (SSSR count). The molecule has 3 aromatic rings. The standard InChI is InChI=1S/C20H22N4O2/c1-24(2)16-9-7-14(8-10-16)12-21-20(25)18-13-22-23-19(18)15-5-4-6-17(11-15)26-3/h4-11,13H,12H2,1-3H3,(H,21,25)(H,22,23). The number of benzene rings is 2. The molecule has 134 valence electrons. The number of carbonyl (C=O) groups is 1. The van der Waals surface area contributed by atoms with Crippen LogP contribution in [0.25, 0.3) is 11.3 Å². The fraction of sp³-hybridized carbons (Fsp3) is 0.200. The zero-order valence-electron chi connectivity index (χ0n) is 15.1. The molecule has 2 aromatic carbocycles. The molecule has 1 aromatic heterocycles. The summed E-state index contributed by atoms with van der Waals surface area (Å²) in [5, 5.41) is 9.87. The van der Waals surface area contributed by atoms with Crippen molar-refractivity contribution in [2.45, 2.75) is 6.54 Å². The molecule has 0 radical (unpaired) electrons. The molecular weight excluding hydrogens is 328 g/mol. The highest BCUT2D eigenvalue weighted by Gasteiger charge is 2.15. The first-order valence-corrected chi connectivity index (χ1v) is 8.30. The Morgan fingerprint density at radius 3 is 2.65 bits per heavy atom. The maximum atomic E-state index is 12.6. The predicted octanol–water partition coefficient (Wildman–Crippen LogP) is 3.08. The van der Waals surface area contributed by atoms with Gasteiger partial charge in [-0.2, -0.15) is 5.10 Å². The third-order valence-corrected chi connectivity index (χ3v) is 4.15. The van der Waals surface area contributed by atoms with Crippen molar-refractivity contribution in [1.82, 2.24) is 15.5 Å². The first kappa shape index (κ1) is 17.5. The van der Waals surface area contributed by atoms with Gasteiger partial charge in [-0.3, -0.25) is 9.89 Å². The topological polar surface area (TPSA) is 70.2 Å². The summed E-state index contributed by atoms with van der Waals surface area (Å²) >= 11 is 0. The normalized spacial score (nSPS) is 10.4. The van der Waals surface area contributed by atoms with E-state index >= 15 is 0 Å². The Balaban J connectivity index is 1.72. The van der Waals surface area contributed by atoms with Crippen molar-refractivity contribution in [3.05, 3.63) is 65.9 Å². The summed E-state index contributed by atoms with van der Waals surface area (Å²) in [6, 6.07) is 15.6. The summed E-state index contributed by atoms with van der Waals surface area (Å²) in [6.45, 7) is 0.454. The number of hydrogen-bond donors (Lipinski definition) is 2. The van der Waals surface area contributed by atoms with Crippen molar-refractivity contribution < 1.29 is 9.53 Å². The third-order valence-electron chi connectivity index (χ3n) is 4.15. The number of H-pyrrole nitrogens is 1. The number of anilines is 1. The summed E-state index contributed by atoms with van der Waals surface area (Å²) < 4.78 is 5.25. The molecule has 0 aliphatic carbocycles. The second kappa shape index (κ2) is 7.74. The van der Waals surface area contributed by atoms with Crippen molar-refractivity contribution in [1.29, 1.82) is 0 Å². The highest BCUT2D eigenvalue weighted by molar-refractivity contribution is 5.99. The van der Waals surface area contributed by atoms with Crippen LogP contribution in [0.4, 0.5) is 5.69 Å². The lowest BCUT2D eigenvalue weighted by Gasteiger charge is -2.13. The number of nitrogens with zero attached hydrogens (tertiary/aromatic N) is 2. The van der Waals surface area contributed by atoms with E-state index in [0.29, 0.717) is 17.8 Å². The van der Waals surface area contributed by atoms with Crippen LogP contribution in [0.5, 0.6) is 5.75 Å². The Morgan fingerprint density at radius 2 is 1.96 bits per heavy atom. The van der Waals surface area contributed by atoms with Gasteiger partial charge in [0.1, 0.15) is 5.75 Å². The van der Waals surface area contributed by atoms with Gasteiger partial charge in [-0.1, -0.05) is 24.3 Å². The van der Waals surface area contributed by atoms with Crippen molar-refractivity contribution in [2.75, 3.05) is 26.1 Å². The summed E-state index contributed by atoms with van der Waals surface area (Å²) in [7, 11) is 5.60. The second-order valence-corrected chi connectivity index (χ2v) is 6.13. The molecule has 0 spiro atoms. The molecule has 6 nitrogen and oxygen atoms in total. The molecule has 0 bridgehead atoms. The number of aromatic nitrogens is 2. The number of amides is 1. The molecule has 0 aliphatic heterocycles. The number of carbonyl (C=O) groups excluding carboxylic acids is 1. The van der Waals surface area contributed by atoms with E-state index in [9.17, 15) is 4.79 Å². The molecule has 0 unspecified atom stereocenters. The minimum absolute atomic E-state index is 0.173. The van der Waals surface area contributed by atoms with Crippen LogP contribution >= 0.6 is 0 Å². The summed E-state index contributed by atoms with van der Waals surface area (Å²) in [5.74, 6) is 0.553. The largest absolute Gasteiger partial charge is 0.497 e. The molecule has 0 aliphatic rings. The fourth-order valence-electron chi connectivity index (χ4n) is 2.65. The number of methoxy groups -OCH3 is 1. The van der Waals surface area contributed by atoms with Crippen molar-refractivity contribution in [2.24, 2.45) is 0 Å². The van der Waals surface area contributed by atoms with E-state index in [1.807, 2.05) is 67.5 Å². The molecule has 6 heteroatoms. The first-order chi connectivity index (χ1) is 12.6. The van der Waals surface area contributed by atoms with E-state index in [4.69, 9.17) is 4.74 Å². The molecule has 0 saturated heterocycles. The van der Waals surface area contributed by atoms with Gasteiger partial charge in [0.25, 0.3) is 5.91 Å². The molecule has 1 heterocycles. The van der Waals surface area contributed by atoms with Gasteiger partial charge in [0.05, 0.1) is 24.6 Å². The van der Waals surface area contributed by atoms with Crippen LogP contribution < -0.4 is 15.0 Å². The van der Waals surface area contributed by atoms with Gasteiger partial charge in [-0.05, 0) is 29.8 Å². The third kappa shape index (κ3) is 3.85. The van der Waals surface area contributed by atoms with E-state index in [1.165, 1.54) is 0 Å². The number of ether oxygens (including phenoxy) is 1. The zero-order valence-corrected chi connectivity index (χ0v) is 15.1. The molecule has 2 N–H and O–H groups in total. The minimum atomic E-state index is -0.173. The highest BCUT2D eigenvalue weighted by atomic mass is 16.5. The van der Waals surface area contributed by atoms with Crippen LogP contribution in [-0.2, 0) is 6.54 Å². The lowest BCUT2D eigenvalue weighted by molar-refractivity contribution is 0.0951. The molecule has 26 heavy (non-hydrogen) atoms. The maximum absolute atomic E-state index is 12.6. The maximum Gasteiger partial charge on any atom is 0.255 e. The van der Waals surface area contributed by atoms with Gasteiger partial charge in [0.2, 0.25) is 0 Å². The van der Waals surface area contributed by atoms with E-state index in [-0.39, 0.29) is 5.91 Å². The summed E-state index contributed by atoms with van der Waals surface area (Å²) in [5.41, 5.74) is 4.18. The van der Waals surface area contributed by atoms with Gasteiger partial charge in [0, 0.05) is 31.9 Å². The fourth-order valence-corrected chi connectivity index (χ4v) is 2.65. The van der Waals surface area contributed by atoms with Crippen LogP contribution in [0, 0.1) is 0 Å². The molecule has 0 saturated carbocycles. The second-order valence-electron chi connectivity index (χ2n) is 6.13.